The molecular formula is C21H19NS. The molecule has 0 radical (unpaired) electrons. The second kappa shape index (κ2) is 4.72. The van der Waals surface area contributed by atoms with Gasteiger partial charge in [-0.2, -0.15) is 0 Å². The van der Waals surface area contributed by atoms with Gasteiger partial charge >= 0.3 is 0 Å². The van der Waals surface area contributed by atoms with Crippen molar-refractivity contribution < 1.29 is 0 Å². The van der Waals surface area contributed by atoms with Crippen LogP contribution in [-0.4, -0.2) is 4.57 Å². The third-order valence-electron chi connectivity index (χ3n) is 4.97. The second-order valence-electron chi connectivity index (χ2n) is 6.73. The summed E-state index contributed by atoms with van der Waals surface area (Å²) >= 11 is 1.98. The largest absolute Gasteiger partial charge is 0.338 e. The first kappa shape index (κ1) is 13.4. The van der Waals surface area contributed by atoms with E-state index in [9.17, 15) is 0 Å². The summed E-state index contributed by atoms with van der Waals surface area (Å²) in [5.74, 6) is 0. The fourth-order valence-corrected chi connectivity index (χ4v) is 5.22. The summed E-state index contributed by atoms with van der Waals surface area (Å²) in [6.07, 6.45) is 7.02. The van der Waals surface area contributed by atoms with E-state index in [0.717, 1.165) is 0 Å². The average molecular weight is 317 g/mol. The second-order valence-corrected chi connectivity index (χ2v) is 7.86. The minimum Gasteiger partial charge on any atom is -0.338 e. The number of hydrogen-bond donors (Lipinski definition) is 0. The zero-order chi connectivity index (χ0) is 15.6. The number of thiophene rings is 1. The summed E-state index contributed by atoms with van der Waals surface area (Å²) in [5.41, 5.74) is 4.18. The number of hydrogen-bond acceptors (Lipinski definition) is 1. The first-order chi connectivity index (χ1) is 11.2. The van der Waals surface area contributed by atoms with Crippen LogP contribution in [0.1, 0.15) is 36.8 Å². The zero-order valence-corrected chi connectivity index (χ0v) is 14.3. The van der Waals surface area contributed by atoms with Gasteiger partial charge in [0.1, 0.15) is 0 Å². The van der Waals surface area contributed by atoms with Crippen LogP contribution in [0.2, 0.25) is 0 Å². The van der Waals surface area contributed by atoms with Crippen LogP contribution in [0.3, 0.4) is 0 Å². The molecular weight excluding hydrogens is 298 g/mol. The molecule has 5 rings (SSSR count). The minimum absolute atomic E-state index is 0.462. The molecule has 0 amide bonds. The van der Waals surface area contributed by atoms with E-state index in [1.165, 1.54) is 50.3 Å². The lowest BCUT2D eigenvalue weighted by atomic mass is 10.0. The molecule has 0 atom stereocenters. The molecule has 2 heteroatoms. The van der Waals surface area contributed by atoms with E-state index >= 15 is 0 Å². The van der Waals surface area contributed by atoms with Crippen LogP contribution in [0.4, 0.5) is 0 Å². The van der Waals surface area contributed by atoms with Crippen molar-refractivity contribution in [3.63, 3.8) is 0 Å². The van der Waals surface area contributed by atoms with Gasteiger partial charge in [0.25, 0.3) is 0 Å². The first-order valence-corrected chi connectivity index (χ1v) is 9.20. The molecule has 114 valence electrons. The third kappa shape index (κ3) is 1.79. The van der Waals surface area contributed by atoms with Crippen molar-refractivity contribution in [2.45, 2.75) is 32.7 Å². The summed E-state index contributed by atoms with van der Waals surface area (Å²) < 4.78 is 3.91. The van der Waals surface area contributed by atoms with Crippen LogP contribution in [0.25, 0.3) is 38.0 Å². The maximum Gasteiger partial charge on any atom is 0.0508 e. The van der Waals surface area contributed by atoms with Crippen molar-refractivity contribution in [1.29, 1.82) is 0 Å². The fourth-order valence-electron chi connectivity index (χ4n) is 4.00. The Balaban J connectivity index is 1.98. The Kier molecular flexibility index (Phi) is 2.75. The SMILES string of the molecule is CC(C)n1c2ccccc2c2cc3c4c(sc3cc21)CCC=C4. The van der Waals surface area contributed by atoms with Crippen LogP contribution < -0.4 is 0 Å². The number of benzene rings is 2. The fraction of sp³-hybridized carbons (Fsp3) is 0.238. The smallest absolute Gasteiger partial charge is 0.0508 e. The Morgan fingerprint density at radius 1 is 1.00 bits per heavy atom. The third-order valence-corrected chi connectivity index (χ3v) is 6.20. The molecule has 4 aromatic rings. The van der Waals surface area contributed by atoms with Gasteiger partial charge in [-0.05, 0) is 50.5 Å². The molecule has 0 fully saturated rings. The van der Waals surface area contributed by atoms with Gasteiger partial charge in [0.2, 0.25) is 0 Å². The molecule has 1 nitrogen and oxygen atoms in total. The molecule has 0 saturated carbocycles. The quantitative estimate of drug-likeness (QED) is 0.375. The van der Waals surface area contributed by atoms with E-state index < -0.39 is 0 Å². The van der Waals surface area contributed by atoms with Gasteiger partial charge in [0, 0.05) is 37.3 Å². The van der Waals surface area contributed by atoms with E-state index in [4.69, 9.17) is 0 Å². The van der Waals surface area contributed by atoms with Crippen LogP contribution in [0.5, 0.6) is 0 Å². The number of aromatic nitrogens is 1. The highest BCUT2D eigenvalue weighted by Gasteiger charge is 2.17. The molecule has 0 bridgehead atoms. The molecule has 0 aliphatic heterocycles. The maximum absolute atomic E-state index is 2.48. The van der Waals surface area contributed by atoms with Crippen molar-refractivity contribution in [1.82, 2.24) is 4.57 Å². The van der Waals surface area contributed by atoms with E-state index in [2.05, 4.69) is 67.0 Å². The maximum atomic E-state index is 2.48. The van der Waals surface area contributed by atoms with Gasteiger partial charge in [-0.15, -0.1) is 11.3 Å². The Labute approximate surface area is 139 Å². The Morgan fingerprint density at radius 2 is 1.87 bits per heavy atom. The summed E-state index contributed by atoms with van der Waals surface area (Å²) in [5, 5.41) is 4.19. The van der Waals surface area contributed by atoms with E-state index in [-0.39, 0.29) is 0 Å². The highest BCUT2D eigenvalue weighted by Crippen LogP contribution is 2.41. The van der Waals surface area contributed by atoms with Gasteiger partial charge in [-0.3, -0.25) is 0 Å². The molecule has 1 aliphatic rings. The molecule has 0 unspecified atom stereocenters. The summed E-state index contributed by atoms with van der Waals surface area (Å²) in [4.78, 5) is 1.55. The topological polar surface area (TPSA) is 4.93 Å². The van der Waals surface area contributed by atoms with Crippen LogP contribution in [0, 0.1) is 0 Å². The molecule has 2 heterocycles. The molecule has 0 spiro atoms. The predicted octanol–water partition coefficient (Wildman–Crippen LogP) is 6.55. The van der Waals surface area contributed by atoms with Crippen LogP contribution in [-0.2, 0) is 6.42 Å². The molecule has 23 heavy (non-hydrogen) atoms. The molecule has 1 aliphatic carbocycles. The average Bonchev–Trinajstić information content (AvgIpc) is 3.07. The number of para-hydroxylation sites is 1. The lowest BCUT2D eigenvalue weighted by molar-refractivity contribution is 0.642. The standard InChI is InChI=1S/C21H19NS/c1-13(2)22-18-9-5-3-7-14(18)16-11-17-15-8-4-6-10-20(15)23-21(17)12-19(16)22/h3-5,7-9,11-13H,6,10H2,1-2H3. The van der Waals surface area contributed by atoms with E-state index in [1.54, 1.807) is 4.88 Å². The number of fused-ring (bicyclic) bond motifs is 6. The minimum atomic E-state index is 0.462. The zero-order valence-electron chi connectivity index (χ0n) is 13.5. The number of allylic oxidation sites excluding steroid dienone is 1. The van der Waals surface area contributed by atoms with Crippen LogP contribution in [0.15, 0.2) is 42.5 Å². The monoisotopic (exact) mass is 317 g/mol. The van der Waals surface area contributed by atoms with Crippen LogP contribution >= 0.6 is 11.3 Å². The van der Waals surface area contributed by atoms with Gasteiger partial charge in [0.15, 0.2) is 0 Å². The van der Waals surface area contributed by atoms with Gasteiger partial charge in [-0.1, -0.05) is 30.4 Å². The Bertz CT molecular complexity index is 1090. The van der Waals surface area contributed by atoms with Crippen molar-refractivity contribution in [3.05, 3.63) is 52.9 Å². The van der Waals surface area contributed by atoms with Crippen molar-refractivity contribution in [2.24, 2.45) is 0 Å². The van der Waals surface area contributed by atoms with Gasteiger partial charge in [-0.25, -0.2) is 0 Å². The highest BCUT2D eigenvalue weighted by molar-refractivity contribution is 7.19. The number of nitrogens with zero attached hydrogens (tertiary/aromatic N) is 1. The summed E-state index contributed by atoms with van der Waals surface area (Å²) in [7, 11) is 0. The number of aryl methyl sites for hydroxylation is 1. The summed E-state index contributed by atoms with van der Waals surface area (Å²) in [6.45, 7) is 4.55. The Morgan fingerprint density at radius 3 is 2.74 bits per heavy atom. The number of rotatable bonds is 1. The normalized spacial score (nSPS) is 14.4. The summed E-state index contributed by atoms with van der Waals surface area (Å²) in [6, 6.07) is 14.1. The van der Waals surface area contributed by atoms with Crippen molar-refractivity contribution in [2.75, 3.05) is 0 Å². The van der Waals surface area contributed by atoms with E-state index in [0.29, 0.717) is 6.04 Å². The molecule has 0 N–H and O–H groups in total. The van der Waals surface area contributed by atoms with Gasteiger partial charge in [0.05, 0.1) is 5.52 Å². The van der Waals surface area contributed by atoms with Crippen molar-refractivity contribution in [3.8, 4) is 0 Å². The highest BCUT2D eigenvalue weighted by atomic mass is 32.1. The lowest BCUT2D eigenvalue weighted by Crippen LogP contribution is -1.99. The molecule has 0 saturated heterocycles. The lowest BCUT2D eigenvalue weighted by Gasteiger charge is -2.11. The molecule has 2 aromatic heterocycles. The van der Waals surface area contributed by atoms with E-state index in [1.807, 2.05) is 11.3 Å². The Hall–Kier alpha value is -2.06. The first-order valence-electron chi connectivity index (χ1n) is 8.38. The van der Waals surface area contributed by atoms with Crippen molar-refractivity contribution >= 4 is 49.3 Å². The predicted molar refractivity (Wildman–Crippen MR) is 103 cm³/mol. The van der Waals surface area contributed by atoms with Gasteiger partial charge < -0.3 is 4.57 Å². The molecule has 2 aromatic carbocycles.